The van der Waals surface area contributed by atoms with Gasteiger partial charge in [0.1, 0.15) is 11.6 Å². The standard InChI is InChI=1S/C15H12Cl2IN3O2S/c1-8(23-12-4-2-9(16)6-11(12)17)14(22)21-15(24)20-13-5-3-10(18)7-19-13/h2-8H,1H3,(H2,19,20,21,22,24). The second kappa shape index (κ2) is 8.80. The minimum atomic E-state index is -0.798. The van der Waals surface area contributed by atoms with Crippen LogP contribution in [0.1, 0.15) is 6.92 Å². The number of carbonyl (C=O) groups is 1. The fourth-order valence-electron chi connectivity index (χ4n) is 1.63. The van der Waals surface area contributed by atoms with Crippen LogP contribution in [-0.4, -0.2) is 22.1 Å². The number of rotatable bonds is 4. The van der Waals surface area contributed by atoms with E-state index in [0.29, 0.717) is 21.6 Å². The van der Waals surface area contributed by atoms with E-state index >= 15 is 0 Å². The first-order valence-electron chi connectivity index (χ1n) is 6.70. The maximum atomic E-state index is 12.1. The van der Waals surface area contributed by atoms with Crippen molar-refractivity contribution in [3.63, 3.8) is 0 Å². The van der Waals surface area contributed by atoms with Crippen molar-refractivity contribution in [2.75, 3.05) is 5.32 Å². The van der Waals surface area contributed by atoms with Gasteiger partial charge in [-0.3, -0.25) is 10.1 Å². The third-order valence-electron chi connectivity index (χ3n) is 2.77. The van der Waals surface area contributed by atoms with Crippen molar-refractivity contribution in [3.05, 3.63) is 50.1 Å². The highest BCUT2D eigenvalue weighted by atomic mass is 127. The number of hydrogen-bond donors (Lipinski definition) is 2. The molecular formula is C15H12Cl2IN3O2S. The third kappa shape index (κ3) is 5.73. The molecule has 1 amide bonds. The summed E-state index contributed by atoms with van der Waals surface area (Å²) in [5.41, 5.74) is 0. The van der Waals surface area contributed by atoms with Gasteiger partial charge in [0.2, 0.25) is 0 Å². The second-order valence-corrected chi connectivity index (χ2v) is 7.14. The zero-order valence-corrected chi connectivity index (χ0v) is 16.8. The average Bonchev–Trinajstić information content (AvgIpc) is 2.52. The molecule has 1 atom stereocenters. The minimum absolute atomic E-state index is 0.131. The molecule has 2 aromatic rings. The SMILES string of the molecule is CC(Oc1ccc(Cl)cc1Cl)C(=O)NC(=S)Nc1ccc(I)cn1. The summed E-state index contributed by atoms with van der Waals surface area (Å²) in [6.07, 6.45) is 0.884. The summed E-state index contributed by atoms with van der Waals surface area (Å²) in [5, 5.41) is 6.30. The molecule has 0 fully saturated rings. The van der Waals surface area contributed by atoms with Gasteiger partial charge in [-0.05, 0) is 72.1 Å². The lowest BCUT2D eigenvalue weighted by Crippen LogP contribution is -2.42. The Kier molecular flexibility index (Phi) is 7.02. The number of thiocarbonyl (C=S) groups is 1. The fraction of sp³-hybridized carbons (Fsp3) is 0.133. The summed E-state index contributed by atoms with van der Waals surface area (Å²) in [5.74, 6) is 0.487. The lowest BCUT2D eigenvalue weighted by atomic mass is 10.3. The lowest BCUT2D eigenvalue weighted by Gasteiger charge is -2.16. The van der Waals surface area contributed by atoms with Gasteiger partial charge < -0.3 is 10.1 Å². The van der Waals surface area contributed by atoms with Gasteiger partial charge in [0, 0.05) is 14.8 Å². The van der Waals surface area contributed by atoms with Crippen molar-refractivity contribution in [1.82, 2.24) is 10.3 Å². The van der Waals surface area contributed by atoms with Crippen molar-refractivity contribution in [1.29, 1.82) is 0 Å². The molecule has 0 aliphatic rings. The summed E-state index contributed by atoms with van der Waals surface area (Å²) in [6, 6.07) is 8.39. The zero-order valence-electron chi connectivity index (χ0n) is 12.3. The number of nitrogens with zero attached hydrogens (tertiary/aromatic N) is 1. The molecule has 24 heavy (non-hydrogen) atoms. The molecule has 1 heterocycles. The molecule has 5 nitrogen and oxygen atoms in total. The summed E-state index contributed by atoms with van der Waals surface area (Å²) in [4.78, 5) is 16.3. The maximum Gasteiger partial charge on any atom is 0.266 e. The molecule has 0 aliphatic carbocycles. The van der Waals surface area contributed by atoms with Gasteiger partial charge in [0.25, 0.3) is 5.91 Å². The Labute approximate surface area is 168 Å². The van der Waals surface area contributed by atoms with Crippen LogP contribution in [0, 0.1) is 3.57 Å². The quantitative estimate of drug-likeness (QED) is 0.489. The number of anilines is 1. The van der Waals surface area contributed by atoms with E-state index in [1.54, 1.807) is 31.3 Å². The largest absolute Gasteiger partial charge is 0.479 e. The van der Waals surface area contributed by atoms with Crippen LogP contribution in [0.4, 0.5) is 5.82 Å². The van der Waals surface area contributed by atoms with Crippen molar-refractivity contribution in [2.45, 2.75) is 13.0 Å². The van der Waals surface area contributed by atoms with Gasteiger partial charge in [0.05, 0.1) is 5.02 Å². The van der Waals surface area contributed by atoms with Crippen molar-refractivity contribution in [2.24, 2.45) is 0 Å². The first-order chi connectivity index (χ1) is 11.3. The Bertz CT molecular complexity index is 759. The van der Waals surface area contributed by atoms with Crippen LogP contribution in [0.3, 0.4) is 0 Å². The van der Waals surface area contributed by atoms with E-state index in [1.165, 1.54) is 6.07 Å². The van der Waals surface area contributed by atoms with Gasteiger partial charge in [-0.2, -0.15) is 0 Å². The summed E-state index contributed by atoms with van der Waals surface area (Å²) in [6.45, 7) is 1.59. The Morgan fingerprint density at radius 3 is 2.71 bits per heavy atom. The molecule has 9 heteroatoms. The van der Waals surface area contributed by atoms with Crippen LogP contribution in [0.5, 0.6) is 5.75 Å². The second-order valence-electron chi connectivity index (χ2n) is 4.64. The van der Waals surface area contributed by atoms with Crippen LogP contribution in [0.15, 0.2) is 36.5 Å². The molecule has 1 unspecified atom stereocenters. The number of ether oxygens (including phenoxy) is 1. The number of benzene rings is 1. The molecule has 0 spiro atoms. The third-order valence-corrected chi connectivity index (χ3v) is 4.15. The Hall–Kier alpha value is -1.16. The molecule has 0 radical (unpaired) electrons. The molecule has 0 aliphatic heterocycles. The van der Waals surface area contributed by atoms with E-state index in [1.807, 2.05) is 6.07 Å². The first-order valence-corrected chi connectivity index (χ1v) is 8.94. The van der Waals surface area contributed by atoms with Crippen LogP contribution in [-0.2, 0) is 4.79 Å². The van der Waals surface area contributed by atoms with E-state index in [2.05, 4.69) is 38.2 Å². The average molecular weight is 496 g/mol. The van der Waals surface area contributed by atoms with E-state index in [0.717, 1.165) is 3.57 Å². The van der Waals surface area contributed by atoms with Crippen molar-refractivity contribution >= 4 is 74.8 Å². The van der Waals surface area contributed by atoms with E-state index in [4.69, 9.17) is 40.2 Å². The summed E-state index contributed by atoms with van der Waals surface area (Å²) < 4.78 is 6.52. The van der Waals surface area contributed by atoms with Gasteiger partial charge in [-0.15, -0.1) is 0 Å². The zero-order chi connectivity index (χ0) is 17.7. The Balaban J connectivity index is 1.90. The number of hydrogen-bond acceptors (Lipinski definition) is 4. The number of amides is 1. The van der Waals surface area contributed by atoms with Gasteiger partial charge in [-0.1, -0.05) is 23.2 Å². The van der Waals surface area contributed by atoms with Gasteiger partial charge in [0.15, 0.2) is 11.2 Å². The summed E-state index contributed by atoms with van der Waals surface area (Å²) in [7, 11) is 0. The molecule has 126 valence electrons. The van der Waals surface area contributed by atoms with Crippen molar-refractivity contribution in [3.8, 4) is 5.75 Å². The highest BCUT2D eigenvalue weighted by molar-refractivity contribution is 14.1. The van der Waals surface area contributed by atoms with Crippen LogP contribution < -0.4 is 15.4 Å². The molecule has 2 rings (SSSR count). The number of carbonyl (C=O) groups excluding carboxylic acids is 1. The van der Waals surface area contributed by atoms with Gasteiger partial charge >= 0.3 is 0 Å². The van der Waals surface area contributed by atoms with Crippen molar-refractivity contribution < 1.29 is 9.53 Å². The predicted octanol–water partition coefficient (Wildman–Crippen LogP) is 4.27. The molecule has 1 aromatic heterocycles. The molecule has 1 aromatic carbocycles. The van der Waals surface area contributed by atoms with Crippen LogP contribution in [0.25, 0.3) is 0 Å². The van der Waals surface area contributed by atoms with Gasteiger partial charge in [-0.25, -0.2) is 4.98 Å². The smallest absolute Gasteiger partial charge is 0.266 e. The number of aromatic nitrogens is 1. The molecule has 2 N–H and O–H groups in total. The number of halogens is 3. The highest BCUT2D eigenvalue weighted by Crippen LogP contribution is 2.28. The van der Waals surface area contributed by atoms with E-state index in [9.17, 15) is 4.79 Å². The highest BCUT2D eigenvalue weighted by Gasteiger charge is 2.17. The first kappa shape index (κ1) is 19.2. The van der Waals surface area contributed by atoms with E-state index < -0.39 is 12.0 Å². The Morgan fingerprint density at radius 1 is 1.33 bits per heavy atom. The predicted molar refractivity (Wildman–Crippen MR) is 108 cm³/mol. The normalized spacial score (nSPS) is 11.5. The fourth-order valence-corrected chi connectivity index (χ4v) is 2.60. The van der Waals surface area contributed by atoms with Crippen LogP contribution >= 0.6 is 58.0 Å². The minimum Gasteiger partial charge on any atom is -0.479 e. The van der Waals surface area contributed by atoms with Crippen LogP contribution in [0.2, 0.25) is 10.0 Å². The number of pyridine rings is 1. The maximum absolute atomic E-state index is 12.1. The molecule has 0 saturated carbocycles. The molecular weight excluding hydrogens is 484 g/mol. The summed E-state index contributed by atoms with van der Waals surface area (Å²) >= 11 is 19.1. The molecule has 0 saturated heterocycles. The number of nitrogens with one attached hydrogen (secondary N) is 2. The molecule has 0 bridgehead atoms. The monoisotopic (exact) mass is 495 g/mol. The van der Waals surface area contributed by atoms with E-state index in [-0.39, 0.29) is 5.11 Å². The lowest BCUT2D eigenvalue weighted by molar-refractivity contribution is -0.125. The Morgan fingerprint density at radius 2 is 2.08 bits per heavy atom. The topological polar surface area (TPSA) is 63.2 Å².